The van der Waals surface area contributed by atoms with Gasteiger partial charge in [-0.1, -0.05) is 0 Å². The van der Waals surface area contributed by atoms with E-state index in [4.69, 9.17) is 9.47 Å². The van der Waals surface area contributed by atoms with Crippen LogP contribution in [0.25, 0.3) is 0 Å². The number of aryl methyl sites for hydroxylation is 1. The van der Waals surface area contributed by atoms with Gasteiger partial charge in [-0.15, -0.1) is 11.8 Å². The fraction of sp³-hybridized carbons (Fsp3) is 0.632. The van der Waals surface area contributed by atoms with E-state index in [1.54, 1.807) is 23.4 Å². The molecule has 0 spiro atoms. The largest absolute Gasteiger partial charge is 0.461 e. The van der Waals surface area contributed by atoms with Gasteiger partial charge in [-0.05, 0) is 34.6 Å². The molecule has 7 nitrogen and oxygen atoms in total. The normalized spacial score (nSPS) is 13.5. The molecule has 0 unspecified atom stereocenters. The lowest BCUT2D eigenvalue weighted by Crippen LogP contribution is -2.40. The van der Waals surface area contributed by atoms with Gasteiger partial charge in [-0.2, -0.15) is 5.10 Å². The molecule has 1 aliphatic rings. The molecule has 0 aromatic carbocycles. The summed E-state index contributed by atoms with van der Waals surface area (Å²) in [6.07, 6.45) is 0.787. The first-order valence-corrected chi connectivity index (χ1v) is 8.90. The topological polar surface area (TPSA) is 73.7 Å². The van der Waals surface area contributed by atoms with Gasteiger partial charge in [0.2, 0.25) is 0 Å². The van der Waals surface area contributed by atoms with Crippen LogP contribution < -0.4 is 0 Å². The van der Waals surface area contributed by atoms with Crippen molar-refractivity contribution >= 4 is 12.1 Å². The van der Waals surface area contributed by atoms with E-state index in [-0.39, 0.29) is 19.2 Å². The van der Waals surface area contributed by atoms with Crippen molar-refractivity contribution < 1.29 is 19.1 Å². The van der Waals surface area contributed by atoms with Gasteiger partial charge in [0.1, 0.15) is 5.60 Å². The molecule has 26 heavy (non-hydrogen) atoms. The van der Waals surface area contributed by atoms with Crippen molar-refractivity contribution in [3.63, 3.8) is 0 Å². The SMILES string of the molecule is CC#CCCn1nc2c(c1C(=O)OCC)CN(C(=O)OC(C)(C)C)CC2. The molecule has 7 heteroatoms. The van der Waals surface area contributed by atoms with Crippen LogP contribution in [-0.2, 0) is 29.0 Å². The van der Waals surface area contributed by atoms with E-state index in [0.717, 1.165) is 11.3 Å². The molecule has 0 bridgehead atoms. The number of amides is 1. The number of fused-ring (bicyclic) bond motifs is 1. The Morgan fingerprint density at radius 1 is 1.31 bits per heavy atom. The highest BCUT2D eigenvalue weighted by Crippen LogP contribution is 2.25. The fourth-order valence-corrected chi connectivity index (χ4v) is 2.79. The summed E-state index contributed by atoms with van der Waals surface area (Å²) in [5.41, 5.74) is 1.42. The maximum Gasteiger partial charge on any atom is 0.410 e. The molecule has 0 N–H and O–H groups in total. The second-order valence-electron chi connectivity index (χ2n) is 7.05. The molecule has 0 atom stereocenters. The van der Waals surface area contributed by atoms with Gasteiger partial charge < -0.3 is 14.4 Å². The third-order valence-electron chi connectivity index (χ3n) is 3.85. The zero-order valence-corrected chi connectivity index (χ0v) is 16.2. The summed E-state index contributed by atoms with van der Waals surface area (Å²) < 4.78 is 12.3. The van der Waals surface area contributed by atoms with Gasteiger partial charge >= 0.3 is 12.1 Å². The summed E-state index contributed by atoms with van der Waals surface area (Å²) in [6, 6.07) is 0. The van der Waals surface area contributed by atoms with Crippen LogP contribution in [0.1, 0.15) is 62.8 Å². The lowest BCUT2D eigenvalue weighted by atomic mass is 10.1. The summed E-state index contributed by atoms with van der Waals surface area (Å²) in [5.74, 6) is 5.40. The highest BCUT2D eigenvalue weighted by atomic mass is 16.6. The molecule has 0 aliphatic carbocycles. The molecule has 0 saturated carbocycles. The van der Waals surface area contributed by atoms with E-state index in [1.165, 1.54) is 0 Å². The van der Waals surface area contributed by atoms with Crippen LogP contribution in [-0.4, -0.2) is 45.5 Å². The van der Waals surface area contributed by atoms with Crippen LogP contribution in [0, 0.1) is 11.8 Å². The predicted molar refractivity (Wildman–Crippen MR) is 96.6 cm³/mol. The highest BCUT2D eigenvalue weighted by Gasteiger charge is 2.32. The van der Waals surface area contributed by atoms with Gasteiger partial charge in [-0.25, -0.2) is 9.59 Å². The molecule has 0 radical (unpaired) electrons. The van der Waals surface area contributed by atoms with Crippen LogP contribution >= 0.6 is 0 Å². The molecule has 1 aromatic heterocycles. The molecule has 142 valence electrons. The van der Waals surface area contributed by atoms with E-state index in [0.29, 0.717) is 31.6 Å². The first-order valence-electron chi connectivity index (χ1n) is 8.90. The Balaban J connectivity index is 2.29. The minimum Gasteiger partial charge on any atom is -0.461 e. The van der Waals surface area contributed by atoms with Crippen molar-refractivity contribution in [3.8, 4) is 11.8 Å². The lowest BCUT2D eigenvalue weighted by Gasteiger charge is -2.29. The monoisotopic (exact) mass is 361 g/mol. The molecular formula is C19H27N3O4. The number of hydrogen-bond donors (Lipinski definition) is 0. The Morgan fingerprint density at radius 3 is 2.65 bits per heavy atom. The third kappa shape index (κ3) is 4.78. The Morgan fingerprint density at radius 2 is 2.04 bits per heavy atom. The summed E-state index contributed by atoms with van der Waals surface area (Å²) in [7, 11) is 0. The van der Waals surface area contributed by atoms with Crippen molar-refractivity contribution in [3.05, 3.63) is 17.0 Å². The molecule has 2 rings (SSSR count). The average molecular weight is 361 g/mol. The summed E-state index contributed by atoms with van der Waals surface area (Å²) in [5, 5.41) is 4.56. The standard InChI is InChI=1S/C19H27N3O4/c1-6-8-9-11-22-16(17(23)25-7-2)14-13-21(12-10-15(14)20-22)18(24)26-19(3,4)5/h7,9-13H2,1-5H3. The van der Waals surface area contributed by atoms with E-state index < -0.39 is 11.6 Å². The van der Waals surface area contributed by atoms with Gasteiger partial charge in [0.25, 0.3) is 0 Å². The third-order valence-corrected chi connectivity index (χ3v) is 3.85. The number of hydrogen-bond acceptors (Lipinski definition) is 5. The lowest BCUT2D eigenvalue weighted by molar-refractivity contribution is 0.0220. The van der Waals surface area contributed by atoms with Crippen LogP contribution in [0.5, 0.6) is 0 Å². The Kier molecular flexibility index (Phi) is 6.30. The molecule has 2 heterocycles. The predicted octanol–water partition coefficient (Wildman–Crippen LogP) is 2.77. The Bertz CT molecular complexity index is 734. The number of nitrogens with zero attached hydrogens (tertiary/aromatic N) is 3. The van der Waals surface area contributed by atoms with Crippen molar-refractivity contribution in [1.29, 1.82) is 0 Å². The first-order chi connectivity index (χ1) is 12.3. The number of ether oxygens (including phenoxy) is 2. The van der Waals surface area contributed by atoms with E-state index >= 15 is 0 Å². The maximum atomic E-state index is 12.5. The summed E-state index contributed by atoms with van der Waals surface area (Å²) >= 11 is 0. The van der Waals surface area contributed by atoms with Gasteiger partial charge in [0.05, 0.1) is 25.4 Å². The minimum absolute atomic E-state index is 0.281. The number of aromatic nitrogens is 2. The molecular weight excluding hydrogens is 334 g/mol. The zero-order chi connectivity index (χ0) is 19.3. The number of carbonyl (C=O) groups is 2. The van der Waals surface area contributed by atoms with Crippen molar-refractivity contribution in [2.75, 3.05) is 13.2 Å². The highest BCUT2D eigenvalue weighted by molar-refractivity contribution is 5.90. The number of esters is 1. The van der Waals surface area contributed by atoms with Gasteiger partial charge in [-0.3, -0.25) is 4.68 Å². The molecule has 0 saturated heterocycles. The van der Waals surface area contributed by atoms with E-state index in [1.807, 2.05) is 20.8 Å². The summed E-state index contributed by atoms with van der Waals surface area (Å²) in [4.78, 5) is 26.5. The molecule has 1 aromatic rings. The van der Waals surface area contributed by atoms with Crippen LogP contribution in [0.4, 0.5) is 4.79 Å². The molecule has 0 fully saturated rings. The second kappa shape index (κ2) is 8.26. The quantitative estimate of drug-likeness (QED) is 0.609. The Labute approximate surface area is 154 Å². The molecule has 1 aliphatic heterocycles. The number of rotatable bonds is 4. The van der Waals surface area contributed by atoms with Crippen molar-refractivity contribution in [2.45, 2.75) is 66.2 Å². The van der Waals surface area contributed by atoms with E-state index in [9.17, 15) is 9.59 Å². The maximum absolute atomic E-state index is 12.5. The molecule has 1 amide bonds. The van der Waals surface area contributed by atoms with Gasteiger partial charge in [0.15, 0.2) is 5.69 Å². The van der Waals surface area contributed by atoms with Crippen LogP contribution in [0.3, 0.4) is 0 Å². The zero-order valence-electron chi connectivity index (χ0n) is 16.2. The Hall–Kier alpha value is -2.49. The fourth-order valence-electron chi connectivity index (χ4n) is 2.79. The first kappa shape index (κ1) is 19.8. The van der Waals surface area contributed by atoms with Crippen molar-refractivity contribution in [1.82, 2.24) is 14.7 Å². The van der Waals surface area contributed by atoms with Gasteiger partial charge in [0, 0.05) is 24.9 Å². The average Bonchev–Trinajstić information content (AvgIpc) is 2.91. The summed E-state index contributed by atoms with van der Waals surface area (Å²) in [6.45, 7) is 10.6. The smallest absolute Gasteiger partial charge is 0.410 e. The van der Waals surface area contributed by atoms with Crippen LogP contribution in [0.2, 0.25) is 0 Å². The minimum atomic E-state index is -0.565. The van der Waals surface area contributed by atoms with E-state index in [2.05, 4.69) is 16.9 Å². The second-order valence-corrected chi connectivity index (χ2v) is 7.05. The van der Waals surface area contributed by atoms with Crippen molar-refractivity contribution in [2.24, 2.45) is 0 Å². The number of carbonyl (C=O) groups excluding carboxylic acids is 2. The van der Waals surface area contributed by atoms with Crippen LogP contribution in [0.15, 0.2) is 0 Å².